The summed E-state index contributed by atoms with van der Waals surface area (Å²) < 4.78 is 25.6. The second-order valence-electron chi connectivity index (χ2n) is 4.04. The van der Waals surface area contributed by atoms with Crippen molar-refractivity contribution in [2.75, 3.05) is 5.32 Å². The van der Waals surface area contributed by atoms with E-state index in [1.165, 1.54) is 12.3 Å². The van der Waals surface area contributed by atoms with Crippen LogP contribution in [0.15, 0.2) is 21.1 Å². The largest absolute Gasteiger partial charge is 0.477 e. The third-order valence-corrected chi connectivity index (χ3v) is 4.74. The Morgan fingerprint density at radius 2 is 2.04 bits per heavy atom. The SMILES string of the molecule is Cc1nc(NC(=O)NS(=O)(=O)c2ccsc2C(=O)O)nc(=O)[nH]1. The molecule has 0 bridgehead atoms. The van der Waals surface area contributed by atoms with Crippen LogP contribution in [0.1, 0.15) is 15.5 Å². The second-order valence-corrected chi connectivity index (χ2v) is 6.61. The monoisotopic (exact) mass is 359 g/mol. The van der Waals surface area contributed by atoms with Gasteiger partial charge >= 0.3 is 17.7 Å². The van der Waals surface area contributed by atoms with E-state index in [2.05, 4.69) is 15.0 Å². The molecular formula is C10H9N5O6S2. The molecule has 4 N–H and O–H groups in total. The van der Waals surface area contributed by atoms with Gasteiger partial charge in [-0.05, 0) is 18.4 Å². The smallest absolute Gasteiger partial charge is 0.349 e. The van der Waals surface area contributed by atoms with Gasteiger partial charge in [0.25, 0.3) is 10.0 Å². The molecule has 0 aliphatic carbocycles. The van der Waals surface area contributed by atoms with Crippen LogP contribution >= 0.6 is 11.3 Å². The fourth-order valence-electron chi connectivity index (χ4n) is 1.52. The lowest BCUT2D eigenvalue weighted by Crippen LogP contribution is -2.36. The summed E-state index contributed by atoms with van der Waals surface area (Å²) in [7, 11) is -4.41. The standard InChI is InChI=1S/C10H9N5O6S2/c1-4-11-8(13-9(18)12-4)14-10(19)15-23(20,21)5-2-3-22-6(5)7(16)17/h2-3H,1H3,(H,16,17)(H3,11,12,13,14,15,18,19). The van der Waals surface area contributed by atoms with Gasteiger partial charge in [0.2, 0.25) is 5.95 Å². The average Bonchev–Trinajstić information content (AvgIpc) is 2.86. The molecule has 2 aromatic rings. The number of thiophene rings is 1. The van der Waals surface area contributed by atoms with Crippen molar-refractivity contribution in [2.24, 2.45) is 0 Å². The van der Waals surface area contributed by atoms with E-state index in [1.54, 1.807) is 4.72 Å². The van der Waals surface area contributed by atoms with E-state index in [9.17, 15) is 22.8 Å². The summed E-state index contributed by atoms with van der Waals surface area (Å²) in [6.45, 7) is 1.44. The summed E-state index contributed by atoms with van der Waals surface area (Å²) in [6.07, 6.45) is 0. The number of aromatic amines is 1. The summed E-state index contributed by atoms with van der Waals surface area (Å²) >= 11 is 0.699. The number of hydrogen-bond acceptors (Lipinski definition) is 8. The lowest BCUT2D eigenvalue weighted by atomic mass is 10.5. The number of hydrogen-bond donors (Lipinski definition) is 4. The van der Waals surface area contributed by atoms with Gasteiger partial charge in [0.05, 0.1) is 0 Å². The highest BCUT2D eigenvalue weighted by Gasteiger charge is 2.25. The number of rotatable bonds is 4. The van der Waals surface area contributed by atoms with Gasteiger partial charge in [-0.3, -0.25) is 10.3 Å². The molecule has 122 valence electrons. The summed E-state index contributed by atoms with van der Waals surface area (Å²) in [5.74, 6) is -1.67. The molecule has 11 nitrogen and oxygen atoms in total. The van der Waals surface area contributed by atoms with Gasteiger partial charge in [-0.15, -0.1) is 11.3 Å². The first-order chi connectivity index (χ1) is 10.7. The highest BCUT2D eigenvalue weighted by Crippen LogP contribution is 2.21. The third kappa shape index (κ3) is 3.89. The highest BCUT2D eigenvalue weighted by molar-refractivity contribution is 7.90. The summed E-state index contributed by atoms with van der Waals surface area (Å²) in [4.78, 5) is 42.0. The van der Waals surface area contributed by atoms with E-state index in [4.69, 9.17) is 5.11 Å². The topological polar surface area (TPSA) is 171 Å². The molecule has 0 radical (unpaired) electrons. The van der Waals surface area contributed by atoms with Crippen molar-refractivity contribution < 1.29 is 23.1 Å². The first kappa shape index (κ1) is 16.6. The van der Waals surface area contributed by atoms with Crippen LogP contribution in [0.5, 0.6) is 0 Å². The van der Waals surface area contributed by atoms with E-state index in [0.717, 1.165) is 6.07 Å². The normalized spacial score (nSPS) is 11.0. The van der Waals surface area contributed by atoms with Crippen molar-refractivity contribution in [3.8, 4) is 0 Å². The number of carbonyl (C=O) groups excluding carboxylic acids is 1. The Morgan fingerprint density at radius 1 is 1.35 bits per heavy atom. The molecule has 0 atom stereocenters. The number of aromatic nitrogens is 3. The molecule has 0 spiro atoms. The number of carboxylic acid groups (broad SMARTS) is 1. The third-order valence-electron chi connectivity index (χ3n) is 2.33. The molecule has 0 aromatic carbocycles. The Labute approximate surface area is 132 Å². The number of anilines is 1. The lowest BCUT2D eigenvalue weighted by Gasteiger charge is -2.07. The van der Waals surface area contributed by atoms with E-state index < -0.39 is 43.4 Å². The zero-order chi connectivity index (χ0) is 17.2. The number of carboxylic acids is 1. The van der Waals surface area contributed by atoms with Gasteiger partial charge in [-0.25, -0.2) is 27.5 Å². The van der Waals surface area contributed by atoms with Crippen molar-refractivity contribution in [1.29, 1.82) is 0 Å². The minimum Gasteiger partial charge on any atom is -0.477 e. The van der Waals surface area contributed by atoms with E-state index in [0.29, 0.717) is 11.3 Å². The van der Waals surface area contributed by atoms with Crippen LogP contribution in [-0.4, -0.2) is 40.5 Å². The number of urea groups is 1. The number of amides is 2. The fraction of sp³-hybridized carbons (Fsp3) is 0.100. The predicted octanol–water partition coefficient (Wildman–Crippen LogP) is -0.257. The Hall–Kier alpha value is -2.80. The van der Waals surface area contributed by atoms with E-state index in [-0.39, 0.29) is 5.82 Å². The fourth-order valence-corrected chi connectivity index (χ4v) is 3.68. The number of nitrogens with one attached hydrogen (secondary N) is 3. The molecule has 0 aliphatic heterocycles. The van der Waals surface area contributed by atoms with Crippen LogP contribution in [-0.2, 0) is 10.0 Å². The number of nitrogens with zero attached hydrogens (tertiary/aromatic N) is 2. The lowest BCUT2D eigenvalue weighted by molar-refractivity contribution is 0.0698. The van der Waals surface area contributed by atoms with Crippen molar-refractivity contribution in [2.45, 2.75) is 11.8 Å². The van der Waals surface area contributed by atoms with Gasteiger partial charge in [0, 0.05) is 0 Å². The number of carbonyl (C=O) groups is 2. The maximum atomic E-state index is 12.0. The van der Waals surface area contributed by atoms with Gasteiger partial charge < -0.3 is 5.11 Å². The molecule has 23 heavy (non-hydrogen) atoms. The average molecular weight is 359 g/mol. The second kappa shape index (κ2) is 6.13. The maximum absolute atomic E-state index is 12.0. The molecule has 0 saturated carbocycles. The van der Waals surface area contributed by atoms with Crippen molar-refractivity contribution >= 4 is 39.3 Å². The van der Waals surface area contributed by atoms with Crippen LogP contribution < -0.4 is 15.7 Å². The number of aryl methyl sites for hydroxylation is 1. The number of H-pyrrole nitrogens is 1. The van der Waals surface area contributed by atoms with Crippen molar-refractivity contribution in [3.63, 3.8) is 0 Å². The molecular weight excluding hydrogens is 350 g/mol. The van der Waals surface area contributed by atoms with Gasteiger partial charge in [0.1, 0.15) is 15.6 Å². The minimum absolute atomic E-state index is 0.161. The molecule has 0 saturated heterocycles. The Balaban J connectivity index is 2.20. The van der Waals surface area contributed by atoms with Crippen molar-refractivity contribution in [3.05, 3.63) is 32.6 Å². The molecule has 0 fully saturated rings. The summed E-state index contributed by atoms with van der Waals surface area (Å²) in [5, 5.41) is 12.1. The highest BCUT2D eigenvalue weighted by atomic mass is 32.2. The van der Waals surface area contributed by atoms with Crippen LogP contribution in [0.25, 0.3) is 0 Å². The zero-order valence-corrected chi connectivity index (χ0v) is 13.0. The molecule has 0 aliphatic rings. The first-order valence-electron chi connectivity index (χ1n) is 5.78. The molecule has 2 heterocycles. The van der Waals surface area contributed by atoms with Crippen LogP contribution in [0.2, 0.25) is 0 Å². The van der Waals surface area contributed by atoms with E-state index >= 15 is 0 Å². The Morgan fingerprint density at radius 3 is 2.65 bits per heavy atom. The molecule has 2 amide bonds. The van der Waals surface area contributed by atoms with Crippen molar-refractivity contribution in [1.82, 2.24) is 19.7 Å². The Bertz CT molecular complexity index is 931. The predicted molar refractivity (Wildman–Crippen MR) is 78.0 cm³/mol. The summed E-state index contributed by atoms with van der Waals surface area (Å²) in [5.41, 5.74) is -0.776. The summed E-state index contributed by atoms with van der Waals surface area (Å²) in [6, 6.07) is -0.185. The van der Waals surface area contributed by atoms with Gasteiger partial charge in [-0.2, -0.15) is 9.97 Å². The maximum Gasteiger partial charge on any atom is 0.349 e. The number of sulfonamides is 1. The quantitative estimate of drug-likeness (QED) is 0.578. The van der Waals surface area contributed by atoms with E-state index in [1.807, 2.05) is 5.32 Å². The number of aromatic carboxylic acids is 1. The molecule has 0 unspecified atom stereocenters. The van der Waals surface area contributed by atoms with Gasteiger partial charge in [-0.1, -0.05) is 0 Å². The van der Waals surface area contributed by atoms with Crippen LogP contribution in [0.3, 0.4) is 0 Å². The minimum atomic E-state index is -4.41. The zero-order valence-electron chi connectivity index (χ0n) is 11.4. The van der Waals surface area contributed by atoms with Crippen LogP contribution in [0, 0.1) is 6.92 Å². The Kier molecular flexibility index (Phi) is 4.42. The van der Waals surface area contributed by atoms with Crippen LogP contribution in [0.4, 0.5) is 10.7 Å². The molecule has 13 heteroatoms. The molecule has 2 aromatic heterocycles. The first-order valence-corrected chi connectivity index (χ1v) is 8.15. The molecule has 2 rings (SSSR count). The van der Waals surface area contributed by atoms with Gasteiger partial charge in [0.15, 0.2) is 0 Å².